The molecule has 0 unspecified atom stereocenters. The van der Waals surface area contributed by atoms with E-state index in [0.29, 0.717) is 16.9 Å². The van der Waals surface area contributed by atoms with Crippen LogP contribution in [0.5, 0.6) is 0 Å². The van der Waals surface area contributed by atoms with Gasteiger partial charge in [-0.25, -0.2) is 9.97 Å². The van der Waals surface area contributed by atoms with E-state index in [1.165, 1.54) is 12.8 Å². The third kappa shape index (κ3) is 2.43. The fourth-order valence-electron chi connectivity index (χ4n) is 2.21. The molecule has 18 heavy (non-hydrogen) atoms. The molecule has 0 amide bonds. The van der Waals surface area contributed by atoms with E-state index in [2.05, 4.69) is 34.8 Å². The summed E-state index contributed by atoms with van der Waals surface area (Å²) in [5.74, 6) is 1.24. The third-order valence-electron chi connectivity index (χ3n) is 3.74. The molecule has 1 aliphatic carbocycles. The van der Waals surface area contributed by atoms with Gasteiger partial charge in [-0.3, -0.25) is 0 Å². The van der Waals surface area contributed by atoms with Crippen molar-refractivity contribution in [2.45, 2.75) is 51.0 Å². The molecule has 1 aromatic heterocycles. The number of nitrogens with zero attached hydrogens (tertiary/aromatic N) is 2. The summed E-state index contributed by atoms with van der Waals surface area (Å²) in [5, 5.41) is 0.491. The highest BCUT2D eigenvalue weighted by atomic mass is 79.9. The predicted molar refractivity (Wildman–Crippen MR) is 76.0 cm³/mol. The Balaban J connectivity index is 2.50. The standard InChI is InChI=1S/C13H18BrClN2O/c1-4-13(5-2,18-3)12-16-10(8-6-7-8)9(14)11(15)17-12/h8H,4-7H2,1-3H3. The Morgan fingerprint density at radius 3 is 2.39 bits per heavy atom. The fourth-order valence-corrected chi connectivity index (χ4v) is 2.89. The van der Waals surface area contributed by atoms with Crippen LogP contribution >= 0.6 is 27.5 Å². The van der Waals surface area contributed by atoms with Crippen LogP contribution in [0.2, 0.25) is 5.15 Å². The number of ether oxygens (including phenoxy) is 1. The zero-order valence-electron chi connectivity index (χ0n) is 11.0. The summed E-state index contributed by atoms with van der Waals surface area (Å²) in [6.07, 6.45) is 4.04. The van der Waals surface area contributed by atoms with Gasteiger partial charge in [-0.15, -0.1) is 0 Å². The van der Waals surface area contributed by atoms with Gasteiger partial charge in [0.25, 0.3) is 0 Å². The number of aromatic nitrogens is 2. The number of halogens is 2. The molecule has 3 nitrogen and oxygen atoms in total. The summed E-state index contributed by atoms with van der Waals surface area (Å²) >= 11 is 9.70. The molecule has 0 saturated heterocycles. The van der Waals surface area contributed by atoms with Crippen LogP contribution < -0.4 is 0 Å². The summed E-state index contributed by atoms with van der Waals surface area (Å²) in [4.78, 5) is 9.12. The average Bonchev–Trinajstić information content (AvgIpc) is 3.20. The van der Waals surface area contributed by atoms with Gasteiger partial charge in [0.15, 0.2) is 5.82 Å². The van der Waals surface area contributed by atoms with Crippen LogP contribution in [0.25, 0.3) is 0 Å². The van der Waals surface area contributed by atoms with Gasteiger partial charge in [0.05, 0.1) is 10.2 Å². The number of rotatable bonds is 5. The van der Waals surface area contributed by atoms with Crippen LogP contribution in [0, 0.1) is 0 Å². The second-order valence-corrected chi connectivity index (χ2v) is 5.87. The molecule has 0 spiro atoms. The third-order valence-corrected chi connectivity index (χ3v) is 5.02. The topological polar surface area (TPSA) is 35.0 Å². The highest BCUT2D eigenvalue weighted by Gasteiger charge is 2.35. The van der Waals surface area contributed by atoms with Gasteiger partial charge in [-0.1, -0.05) is 25.4 Å². The van der Waals surface area contributed by atoms with Crippen molar-refractivity contribution in [1.82, 2.24) is 9.97 Å². The molecule has 0 radical (unpaired) electrons. The van der Waals surface area contributed by atoms with Crippen LogP contribution in [0.3, 0.4) is 0 Å². The van der Waals surface area contributed by atoms with Gasteiger partial charge in [0, 0.05) is 13.0 Å². The summed E-state index contributed by atoms with van der Waals surface area (Å²) in [6, 6.07) is 0. The van der Waals surface area contributed by atoms with E-state index >= 15 is 0 Å². The minimum absolute atomic E-state index is 0.423. The Morgan fingerprint density at radius 2 is 1.94 bits per heavy atom. The van der Waals surface area contributed by atoms with Crippen molar-refractivity contribution in [3.63, 3.8) is 0 Å². The summed E-state index contributed by atoms with van der Waals surface area (Å²) < 4.78 is 6.51. The lowest BCUT2D eigenvalue weighted by Crippen LogP contribution is -2.30. The van der Waals surface area contributed by atoms with Crippen LogP contribution in [0.15, 0.2) is 4.47 Å². The SMILES string of the molecule is CCC(CC)(OC)c1nc(Cl)c(Br)c(C2CC2)n1. The van der Waals surface area contributed by atoms with Gasteiger partial charge in [-0.05, 0) is 41.6 Å². The van der Waals surface area contributed by atoms with E-state index in [9.17, 15) is 0 Å². The van der Waals surface area contributed by atoms with E-state index < -0.39 is 5.60 Å². The largest absolute Gasteiger partial charge is 0.370 e. The lowest BCUT2D eigenvalue weighted by molar-refractivity contribution is -0.0293. The normalized spacial score (nSPS) is 16.1. The number of hydrogen-bond donors (Lipinski definition) is 0. The van der Waals surface area contributed by atoms with Gasteiger partial charge in [-0.2, -0.15) is 0 Å². The van der Waals surface area contributed by atoms with E-state index in [1.54, 1.807) is 7.11 Å². The molecule has 2 rings (SSSR count). The first-order valence-corrected chi connectivity index (χ1v) is 7.53. The maximum Gasteiger partial charge on any atom is 0.162 e. The van der Waals surface area contributed by atoms with Crippen molar-refractivity contribution in [1.29, 1.82) is 0 Å². The second kappa shape index (κ2) is 5.43. The van der Waals surface area contributed by atoms with Gasteiger partial charge < -0.3 is 4.74 Å². The first-order valence-electron chi connectivity index (χ1n) is 6.36. The number of methoxy groups -OCH3 is 1. The van der Waals surface area contributed by atoms with Crippen LogP contribution in [0.1, 0.15) is 57.0 Å². The lowest BCUT2D eigenvalue weighted by atomic mass is 9.96. The fraction of sp³-hybridized carbons (Fsp3) is 0.692. The molecule has 1 fully saturated rings. The predicted octanol–water partition coefficient (Wildman–Crippen LogP) is 4.43. The van der Waals surface area contributed by atoms with Crippen LogP contribution in [0.4, 0.5) is 0 Å². The first kappa shape index (κ1) is 14.2. The molecule has 5 heteroatoms. The average molecular weight is 334 g/mol. The quantitative estimate of drug-likeness (QED) is 0.748. The highest BCUT2D eigenvalue weighted by molar-refractivity contribution is 9.10. The minimum Gasteiger partial charge on any atom is -0.370 e. The molecule has 0 aliphatic heterocycles. The zero-order chi connectivity index (χ0) is 13.3. The Bertz CT molecular complexity index is 437. The summed E-state index contributed by atoms with van der Waals surface area (Å²) in [6.45, 7) is 4.17. The van der Waals surface area contributed by atoms with E-state index in [0.717, 1.165) is 23.0 Å². The Kier molecular flexibility index (Phi) is 4.29. The Morgan fingerprint density at radius 1 is 1.33 bits per heavy atom. The van der Waals surface area contributed by atoms with Crippen LogP contribution in [-0.4, -0.2) is 17.1 Å². The Hall–Kier alpha value is -0.190. The van der Waals surface area contributed by atoms with Crippen molar-refractivity contribution in [2.24, 2.45) is 0 Å². The number of hydrogen-bond acceptors (Lipinski definition) is 3. The molecule has 0 bridgehead atoms. The summed E-state index contributed by atoms with van der Waals surface area (Å²) in [5.41, 5.74) is 0.613. The molecule has 100 valence electrons. The minimum atomic E-state index is -0.423. The smallest absolute Gasteiger partial charge is 0.162 e. The van der Waals surface area contributed by atoms with E-state index in [-0.39, 0.29) is 0 Å². The van der Waals surface area contributed by atoms with Crippen molar-refractivity contribution >= 4 is 27.5 Å². The van der Waals surface area contributed by atoms with Crippen molar-refractivity contribution < 1.29 is 4.74 Å². The second-order valence-electron chi connectivity index (χ2n) is 4.72. The summed E-state index contributed by atoms with van der Waals surface area (Å²) in [7, 11) is 1.71. The van der Waals surface area contributed by atoms with Crippen molar-refractivity contribution in [3.05, 3.63) is 21.1 Å². The van der Waals surface area contributed by atoms with E-state index in [4.69, 9.17) is 21.3 Å². The monoisotopic (exact) mass is 332 g/mol. The van der Waals surface area contributed by atoms with Crippen molar-refractivity contribution in [3.8, 4) is 0 Å². The molecule has 0 N–H and O–H groups in total. The van der Waals surface area contributed by atoms with Gasteiger partial charge in [0.2, 0.25) is 0 Å². The van der Waals surface area contributed by atoms with E-state index in [1.807, 2.05) is 0 Å². The molecule has 1 saturated carbocycles. The highest BCUT2D eigenvalue weighted by Crippen LogP contribution is 2.44. The maximum absolute atomic E-state index is 6.21. The van der Waals surface area contributed by atoms with Gasteiger partial charge >= 0.3 is 0 Å². The molecule has 1 aliphatic rings. The van der Waals surface area contributed by atoms with Gasteiger partial charge in [0.1, 0.15) is 10.8 Å². The lowest BCUT2D eigenvalue weighted by Gasteiger charge is -2.29. The molecular formula is C13H18BrClN2O. The first-order chi connectivity index (χ1) is 8.57. The molecule has 0 atom stereocenters. The molecule has 1 aromatic rings. The zero-order valence-corrected chi connectivity index (χ0v) is 13.3. The van der Waals surface area contributed by atoms with Crippen LogP contribution in [-0.2, 0) is 10.3 Å². The Labute approximate surface area is 121 Å². The van der Waals surface area contributed by atoms with Crippen molar-refractivity contribution in [2.75, 3.05) is 7.11 Å². The molecule has 0 aromatic carbocycles. The maximum atomic E-state index is 6.21. The molecular weight excluding hydrogens is 316 g/mol. The molecule has 1 heterocycles.